The fourth-order valence-corrected chi connectivity index (χ4v) is 4.23. The molecule has 11 heteroatoms. The van der Waals surface area contributed by atoms with E-state index in [2.05, 4.69) is 25.7 Å². The van der Waals surface area contributed by atoms with Crippen LogP contribution in [-0.4, -0.2) is 56.9 Å². The maximum Gasteiger partial charge on any atom is 0.407 e. The third kappa shape index (κ3) is 5.03. The van der Waals surface area contributed by atoms with Crippen LogP contribution in [0.4, 0.5) is 10.6 Å². The van der Waals surface area contributed by atoms with Gasteiger partial charge in [0.15, 0.2) is 5.82 Å². The van der Waals surface area contributed by atoms with Gasteiger partial charge in [-0.05, 0) is 51.7 Å². The van der Waals surface area contributed by atoms with Crippen LogP contribution in [0.2, 0.25) is 0 Å². The van der Waals surface area contributed by atoms with Crippen molar-refractivity contribution >= 4 is 23.3 Å². The molecule has 1 aliphatic carbocycles. The summed E-state index contributed by atoms with van der Waals surface area (Å²) in [6.45, 7) is 4.49. The van der Waals surface area contributed by atoms with Crippen LogP contribution in [0.15, 0.2) is 30.7 Å². The van der Waals surface area contributed by atoms with Crippen LogP contribution in [0.25, 0.3) is 16.8 Å². The number of pyridine rings is 1. The number of anilines is 1. The lowest BCUT2D eigenvalue weighted by Crippen LogP contribution is -2.44. The number of aromatic nitrogens is 4. The van der Waals surface area contributed by atoms with E-state index in [0.717, 1.165) is 31.2 Å². The predicted molar refractivity (Wildman–Crippen MR) is 125 cm³/mol. The van der Waals surface area contributed by atoms with Crippen LogP contribution in [0, 0.1) is 0 Å². The Morgan fingerprint density at radius 3 is 2.53 bits per heavy atom. The van der Waals surface area contributed by atoms with E-state index in [1.54, 1.807) is 29.8 Å². The molecule has 4 N–H and O–H groups in total. The summed E-state index contributed by atoms with van der Waals surface area (Å²) < 4.78 is 12.1. The number of carbonyl (C=O) groups is 2. The number of carbonyl (C=O) groups excluding carboxylic acids is 2. The highest BCUT2D eigenvalue weighted by molar-refractivity contribution is 6.05. The third-order valence-electron chi connectivity index (χ3n) is 5.81. The first-order valence-electron chi connectivity index (χ1n) is 11.5. The summed E-state index contributed by atoms with van der Waals surface area (Å²) in [6.07, 6.45) is 5.61. The van der Waals surface area contributed by atoms with Gasteiger partial charge in [-0.1, -0.05) is 0 Å². The molecular weight excluding hydrogens is 438 g/mol. The summed E-state index contributed by atoms with van der Waals surface area (Å²) in [5.74, 6) is 0.454. The second-order valence-corrected chi connectivity index (χ2v) is 8.05. The van der Waals surface area contributed by atoms with Crippen molar-refractivity contribution in [2.45, 2.75) is 51.6 Å². The van der Waals surface area contributed by atoms with Crippen LogP contribution in [0.1, 0.15) is 49.9 Å². The lowest BCUT2D eigenvalue weighted by atomic mass is 9.91. The van der Waals surface area contributed by atoms with Crippen molar-refractivity contribution in [1.29, 1.82) is 0 Å². The van der Waals surface area contributed by atoms with Crippen molar-refractivity contribution in [1.82, 2.24) is 30.2 Å². The van der Waals surface area contributed by atoms with Crippen LogP contribution < -0.4 is 21.1 Å². The Balaban J connectivity index is 1.53. The lowest BCUT2D eigenvalue weighted by Gasteiger charge is -2.29. The number of nitrogens with two attached hydrogens (primary N) is 1. The first kappa shape index (κ1) is 23.3. The number of fused-ring (bicyclic) bond motifs is 1. The average molecular weight is 468 g/mol. The van der Waals surface area contributed by atoms with Gasteiger partial charge in [0, 0.05) is 29.9 Å². The average Bonchev–Trinajstić information content (AvgIpc) is 3.22. The number of ether oxygens (including phenoxy) is 2. The van der Waals surface area contributed by atoms with Gasteiger partial charge < -0.3 is 25.8 Å². The minimum atomic E-state index is -0.401. The molecule has 3 aromatic rings. The van der Waals surface area contributed by atoms with Crippen LogP contribution in [0.5, 0.6) is 5.88 Å². The topological polar surface area (TPSA) is 146 Å². The molecule has 0 aromatic carbocycles. The molecular formula is C23H29N7O4. The SMILES string of the molecule is CCOC(=O)NC1CCC(NC(=O)c2cc(-c3ccnc(OCC)c3)n3ncnc(N)c23)CC1. The minimum Gasteiger partial charge on any atom is -0.478 e. The van der Waals surface area contributed by atoms with E-state index in [1.807, 2.05) is 13.0 Å². The number of nitrogens with zero attached hydrogens (tertiary/aromatic N) is 4. The molecule has 2 amide bonds. The largest absolute Gasteiger partial charge is 0.478 e. The number of alkyl carbamates (subject to hydrolysis) is 1. The van der Waals surface area contributed by atoms with Crippen molar-refractivity contribution < 1.29 is 19.1 Å². The van der Waals surface area contributed by atoms with Gasteiger partial charge in [0.05, 0.1) is 24.5 Å². The molecule has 0 aliphatic heterocycles. The summed E-state index contributed by atoms with van der Waals surface area (Å²) in [5, 5.41) is 10.3. The first-order chi connectivity index (χ1) is 16.5. The monoisotopic (exact) mass is 467 g/mol. The van der Waals surface area contributed by atoms with Gasteiger partial charge in [0.25, 0.3) is 5.91 Å². The smallest absolute Gasteiger partial charge is 0.407 e. The fourth-order valence-electron chi connectivity index (χ4n) is 4.23. The van der Waals surface area contributed by atoms with Crippen molar-refractivity contribution in [2.75, 3.05) is 18.9 Å². The van der Waals surface area contributed by atoms with Crippen LogP contribution >= 0.6 is 0 Å². The number of rotatable bonds is 7. The molecule has 1 aliphatic rings. The summed E-state index contributed by atoms with van der Waals surface area (Å²) in [6, 6.07) is 5.41. The van der Waals surface area contributed by atoms with Gasteiger partial charge in [-0.3, -0.25) is 4.79 Å². The zero-order valence-corrected chi connectivity index (χ0v) is 19.3. The molecule has 0 atom stereocenters. The molecule has 1 fully saturated rings. The van der Waals surface area contributed by atoms with E-state index in [0.29, 0.717) is 35.9 Å². The molecule has 0 unspecified atom stereocenters. The van der Waals surface area contributed by atoms with Crippen LogP contribution in [-0.2, 0) is 4.74 Å². The molecule has 3 aromatic heterocycles. The molecule has 3 heterocycles. The first-order valence-corrected chi connectivity index (χ1v) is 11.5. The summed E-state index contributed by atoms with van der Waals surface area (Å²) in [5.41, 5.74) is 8.46. The molecule has 180 valence electrons. The second kappa shape index (κ2) is 10.4. The predicted octanol–water partition coefficient (Wildman–Crippen LogP) is 2.56. The Hall–Kier alpha value is -3.89. The van der Waals surface area contributed by atoms with Gasteiger partial charge in [-0.15, -0.1) is 0 Å². The minimum absolute atomic E-state index is 0.0116. The van der Waals surface area contributed by atoms with E-state index < -0.39 is 6.09 Å². The number of hydrogen-bond donors (Lipinski definition) is 3. The van der Waals surface area contributed by atoms with Gasteiger partial charge in [-0.2, -0.15) is 5.10 Å². The molecule has 4 rings (SSSR count). The summed E-state index contributed by atoms with van der Waals surface area (Å²) >= 11 is 0. The van der Waals surface area contributed by atoms with Gasteiger partial charge in [0.2, 0.25) is 5.88 Å². The van der Waals surface area contributed by atoms with E-state index in [9.17, 15) is 9.59 Å². The van der Waals surface area contributed by atoms with Gasteiger partial charge in [-0.25, -0.2) is 19.3 Å². The second-order valence-electron chi connectivity index (χ2n) is 8.05. The fraction of sp³-hybridized carbons (Fsp3) is 0.435. The molecule has 1 saturated carbocycles. The van der Waals surface area contributed by atoms with Crippen molar-refractivity contribution in [3.8, 4) is 17.1 Å². The van der Waals surface area contributed by atoms with E-state index in [4.69, 9.17) is 15.2 Å². The Morgan fingerprint density at radius 2 is 1.82 bits per heavy atom. The quantitative estimate of drug-likeness (QED) is 0.481. The Kier molecular flexibility index (Phi) is 7.09. The number of amides is 2. The zero-order chi connectivity index (χ0) is 24.1. The summed E-state index contributed by atoms with van der Waals surface area (Å²) in [7, 11) is 0. The zero-order valence-electron chi connectivity index (χ0n) is 19.3. The number of hydrogen-bond acceptors (Lipinski definition) is 8. The Labute approximate surface area is 197 Å². The van der Waals surface area contributed by atoms with Crippen molar-refractivity contribution in [2.24, 2.45) is 0 Å². The Morgan fingerprint density at radius 1 is 1.09 bits per heavy atom. The molecule has 34 heavy (non-hydrogen) atoms. The van der Waals surface area contributed by atoms with Crippen molar-refractivity contribution in [3.63, 3.8) is 0 Å². The van der Waals surface area contributed by atoms with Gasteiger partial charge >= 0.3 is 6.09 Å². The molecule has 11 nitrogen and oxygen atoms in total. The highest BCUT2D eigenvalue weighted by Crippen LogP contribution is 2.29. The Bertz CT molecular complexity index is 1170. The standard InChI is InChI=1S/C23H29N7O4/c1-3-33-19-11-14(9-10-25-19)18-12-17(20-21(24)26-13-27-30(18)20)22(31)28-15-5-7-16(8-6-15)29-23(32)34-4-2/h9-13,15-16H,3-8H2,1-2H3,(H,28,31)(H,29,32)(H2,24,26,27). The van der Waals surface area contributed by atoms with E-state index >= 15 is 0 Å². The maximum atomic E-state index is 13.3. The lowest BCUT2D eigenvalue weighted by molar-refractivity contribution is 0.0923. The number of nitrogens with one attached hydrogen (secondary N) is 2. The molecule has 0 bridgehead atoms. The maximum absolute atomic E-state index is 13.3. The van der Waals surface area contributed by atoms with Crippen LogP contribution in [0.3, 0.4) is 0 Å². The van der Waals surface area contributed by atoms with Gasteiger partial charge in [0.1, 0.15) is 11.8 Å². The normalized spacial score (nSPS) is 17.8. The molecule has 0 saturated heterocycles. The number of nitrogen functional groups attached to an aromatic ring is 1. The van der Waals surface area contributed by atoms with Crippen molar-refractivity contribution in [3.05, 3.63) is 36.3 Å². The third-order valence-corrected chi connectivity index (χ3v) is 5.81. The molecule has 0 spiro atoms. The molecule has 0 radical (unpaired) electrons. The van der Waals surface area contributed by atoms with E-state index in [1.165, 1.54) is 6.33 Å². The van der Waals surface area contributed by atoms with E-state index in [-0.39, 0.29) is 23.8 Å². The summed E-state index contributed by atoms with van der Waals surface area (Å²) in [4.78, 5) is 33.2. The highest BCUT2D eigenvalue weighted by atomic mass is 16.5. The highest BCUT2D eigenvalue weighted by Gasteiger charge is 2.26.